The molecule has 0 aliphatic carbocycles. The highest BCUT2D eigenvalue weighted by molar-refractivity contribution is 9.10. The Bertz CT molecular complexity index is 476. The molecule has 0 unspecified atom stereocenters. The van der Waals surface area contributed by atoms with Crippen LogP contribution >= 0.6 is 15.9 Å². The van der Waals surface area contributed by atoms with Crippen LogP contribution in [0.3, 0.4) is 0 Å². The van der Waals surface area contributed by atoms with E-state index in [1.165, 1.54) is 12.8 Å². The lowest BCUT2D eigenvalue weighted by Gasteiger charge is -2.32. The standard InChI is InChI=1S/C15H23BrN4O/c16-14-10-17-20(11-14)12-18-7-3-13(4-8-18)9-15(21)19-5-1-2-6-19/h10-11,13H,1-9,12H2. The number of carbonyl (C=O) groups excluding carboxylic acids is 1. The Morgan fingerprint density at radius 3 is 2.57 bits per heavy atom. The normalized spacial score (nSPS) is 21.1. The summed E-state index contributed by atoms with van der Waals surface area (Å²) in [5, 5.41) is 4.30. The Labute approximate surface area is 134 Å². The van der Waals surface area contributed by atoms with Crippen molar-refractivity contribution in [3.63, 3.8) is 0 Å². The van der Waals surface area contributed by atoms with Gasteiger partial charge in [-0.25, -0.2) is 0 Å². The van der Waals surface area contributed by atoms with E-state index < -0.39 is 0 Å². The highest BCUT2D eigenvalue weighted by atomic mass is 79.9. The minimum atomic E-state index is 0.377. The first-order valence-corrected chi connectivity index (χ1v) is 8.68. The number of piperidine rings is 1. The summed E-state index contributed by atoms with van der Waals surface area (Å²) < 4.78 is 2.98. The van der Waals surface area contributed by atoms with Crippen molar-refractivity contribution < 1.29 is 4.79 Å². The predicted octanol–water partition coefficient (Wildman–Crippen LogP) is 2.33. The molecule has 0 aromatic carbocycles. The monoisotopic (exact) mass is 354 g/mol. The number of hydrogen-bond acceptors (Lipinski definition) is 3. The first-order chi connectivity index (χ1) is 10.2. The Hall–Kier alpha value is -0.880. The molecule has 0 atom stereocenters. The minimum absolute atomic E-state index is 0.377. The average molecular weight is 355 g/mol. The lowest BCUT2D eigenvalue weighted by molar-refractivity contribution is -0.131. The van der Waals surface area contributed by atoms with Gasteiger partial charge in [0, 0.05) is 38.8 Å². The summed E-state index contributed by atoms with van der Waals surface area (Å²) in [5.74, 6) is 0.945. The van der Waals surface area contributed by atoms with E-state index in [0.717, 1.165) is 56.6 Å². The van der Waals surface area contributed by atoms with Crippen LogP contribution in [0.15, 0.2) is 16.9 Å². The van der Waals surface area contributed by atoms with Crippen LogP contribution in [-0.4, -0.2) is 51.7 Å². The summed E-state index contributed by atoms with van der Waals surface area (Å²) in [5.41, 5.74) is 0. The van der Waals surface area contributed by atoms with Gasteiger partial charge < -0.3 is 4.90 Å². The van der Waals surface area contributed by atoms with Crippen LogP contribution in [0.1, 0.15) is 32.1 Å². The fourth-order valence-corrected chi connectivity index (χ4v) is 3.62. The van der Waals surface area contributed by atoms with E-state index in [1.807, 2.05) is 22.0 Å². The van der Waals surface area contributed by atoms with E-state index in [2.05, 4.69) is 25.9 Å². The maximum absolute atomic E-state index is 12.2. The molecule has 1 amide bonds. The molecule has 116 valence electrons. The van der Waals surface area contributed by atoms with Crippen LogP contribution in [0.5, 0.6) is 0 Å². The lowest BCUT2D eigenvalue weighted by atomic mass is 9.93. The number of hydrogen-bond donors (Lipinski definition) is 0. The van der Waals surface area contributed by atoms with E-state index in [1.54, 1.807) is 0 Å². The topological polar surface area (TPSA) is 41.4 Å². The minimum Gasteiger partial charge on any atom is -0.343 e. The molecule has 3 rings (SSSR count). The third kappa shape index (κ3) is 4.07. The molecule has 0 radical (unpaired) electrons. The van der Waals surface area contributed by atoms with Gasteiger partial charge in [0.25, 0.3) is 0 Å². The Morgan fingerprint density at radius 1 is 1.24 bits per heavy atom. The van der Waals surface area contributed by atoms with Crippen LogP contribution in [0, 0.1) is 5.92 Å². The maximum Gasteiger partial charge on any atom is 0.222 e. The summed E-state index contributed by atoms with van der Waals surface area (Å²) in [4.78, 5) is 16.6. The molecule has 21 heavy (non-hydrogen) atoms. The van der Waals surface area contributed by atoms with Gasteiger partial charge in [-0.3, -0.25) is 14.4 Å². The SMILES string of the molecule is O=C(CC1CCN(Cn2cc(Br)cn2)CC1)N1CCCC1. The Balaban J connectivity index is 1.41. The molecule has 0 saturated carbocycles. The van der Waals surface area contributed by atoms with Crippen molar-refractivity contribution in [2.45, 2.75) is 38.8 Å². The van der Waals surface area contributed by atoms with Gasteiger partial charge in [-0.05, 0) is 47.5 Å². The molecule has 3 heterocycles. The van der Waals surface area contributed by atoms with Gasteiger partial charge in [-0.2, -0.15) is 5.10 Å². The number of halogens is 1. The summed E-state index contributed by atoms with van der Waals surface area (Å²) in [6.07, 6.45) is 9.20. The molecule has 1 aromatic rings. The van der Waals surface area contributed by atoms with Crippen molar-refractivity contribution >= 4 is 21.8 Å². The first kappa shape index (κ1) is 15.0. The van der Waals surface area contributed by atoms with Gasteiger partial charge in [0.1, 0.15) is 0 Å². The van der Waals surface area contributed by atoms with Crippen molar-refractivity contribution in [2.24, 2.45) is 5.92 Å². The molecular formula is C15H23BrN4O. The van der Waals surface area contributed by atoms with Gasteiger partial charge in [0.2, 0.25) is 5.91 Å². The van der Waals surface area contributed by atoms with Crippen molar-refractivity contribution in [3.8, 4) is 0 Å². The van der Waals surface area contributed by atoms with Crippen molar-refractivity contribution in [1.29, 1.82) is 0 Å². The number of amides is 1. The van der Waals surface area contributed by atoms with Crippen LogP contribution in [0.4, 0.5) is 0 Å². The molecular weight excluding hydrogens is 332 g/mol. The average Bonchev–Trinajstić information content (AvgIpc) is 3.13. The summed E-state index contributed by atoms with van der Waals surface area (Å²) in [6.45, 7) is 4.93. The van der Waals surface area contributed by atoms with Gasteiger partial charge >= 0.3 is 0 Å². The van der Waals surface area contributed by atoms with Crippen LogP contribution in [0.2, 0.25) is 0 Å². The maximum atomic E-state index is 12.2. The number of nitrogens with zero attached hydrogens (tertiary/aromatic N) is 4. The molecule has 6 heteroatoms. The number of likely N-dealkylation sites (tertiary alicyclic amines) is 2. The molecule has 0 bridgehead atoms. The molecule has 2 saturated heterocycles. The first-order valence-electron chi connectivity index (χ1n) is 7.89. The highest BCUT2D eigenvalue weighted by Crippen LogP contribution is 2.23. The summed E-state index contributed by atoms with van der Waals surface area (Å²) >= 11 is 3.42. The quantitative estimate of drug-likeness (QED) is 0.833. The molecule has 5 nitrogen and oxygen atoms in total. The van der Waals surface area contributed by atoms with Gasteiger partial charge in [-0.15, -0.1) is 0 Å². The fraction of sp³-hybridized carbons (Fsp3) is 0.733. The van der Waals surface area contributed by atoms with Crippen molar-refractivity contribution in [1.82, 2.24) is 19.6 Å². The lowest BCUT2D eigenvalue weighted by Crippen LogP contribution is -2.37. The van der Waals surface area contributed by atoms with Crippen molar-refractivity contribution in [3.05, 3.63) is 16.9 Å². The molecule has 2 fully saturated rings. The zero-order chi connectivity index (χ0) is 14.7. The van der Waals surface area contributed by atoms with E-state index in [-0.39, 0.29) is 0 Å². The second-order valence-corrected chi connectivity index (χ2v) is 7.11. The predicted molar refractivity (Wildman–Crippen MR) is 84.7 cm³/mol. The molecule has 2 aliphatic heterocycles. The van der Waals surface area contributed by atoms with Gasteiger partial charge in [-0.1, -0.05) is 0 Å². The zero-order valence-electron chi connectivity index (χ0n) is 12.4. The van der Waals surface area contributed by atoms with Gasteiger partial charge in [0.05, 0.1) is 17.3 Å². The molecule has 0 N–H and O–H groups in total. The third-order valence-electron chi connectivity index (χ3n) is 4.58. The number of rotatable bonds is 4. The number of carbonyl (C=O) groups is 1. The Kier molecular flexibility index (Phi) is 4.95. The third-order valence-corrected chi connectivity index (χ3v) is 4.99. The van der Waals surface area contributed by atoms with E-state index in [4.69, 9.17) is 0 Å². The summed E-state index contributed by atoms with van der Waals surface area (Å²) in [6, 6.07) is 0. The van der Waals surface area contributed by atoms with E-state index in [9.17, 15) is 4.79 Å². The Morgan fingerprint density at radius 2 is 1.95 bits per heavy atom. The summed E-state index contributed by atoms with van der Waals surface area (Å²) in [7, 11) is 0. The second-order valence-electron chi connectivity index (χ2n) is 6.19. The van der Waals surface area contributed by atoms with Crippen LogP contribution in [-0.2, 0) is 11.5 Å². The van der Waals surface area contributed by atoms with Crippen molar-refractivity contribution in [2.75, 3.05) is 26.2 Å². The number of aromatic nitrogens is 2. The van der Waals surface area contributed by atoms with Gasteiger partial charge in [0.15, 0.2) is 0 Å². The molecule has 2 aliphatic rings. The molecule has 1 aromatic heterocycles. The molecule has 0 spiro atoms. The highest BCUT2D eigenvalue weighted by Gasteiger charge is 2.25. The largest absolute Gasteiger partial charge is 0.343 e. The van der Waals surface area contributed by atoms with E-state index >= 15 is 0 Å². The second kappa shape index (κ2) is 6.92. The van der Waals surface area contributed by atoms with Crippen LogP contribution in [0.25, 0.3) is 0 Å². The smallest absolute Gasteiger partial charge is 0.222 e. The van der Waals surface area contributed by atoms with Crippen LogP contribution < -0.4 is 0 Å². The van der Waals surface area contributed by atoms with E-state index in [0.29, 0.717) is 11.8 Å². The zero-order valence-corrected chi connectivity index (χ0v) is 14.0. The fourth-order valence-electron chi connectivity index (χ4n) is 3.30.